The van der Waals surface area contributed by atoms with Crippen molar-refractivity contribution in [1.29, 1.82) is 0 Å². The van der Waals surface area contributed by atoms with Crippen molar-refractivity contribution in [2.75, 3.05) is 13.1 Å². The van der Waals surface area contributed by atoms with Crippen molar-refractivity contribution in [3.63, 3.8) is 0 Å². The first-order valence-corrected chi connectivity index (χ1v) is 13.5. The topological polar surface area (TPSA) is 6.48 Å². The number of likely N-dealkylation sites (tertiary alicyclic amines) is 1. The van der Waals surface area contributed by atoms with Gasteiger partial charge in [0.05, 0.1) is 0 Å². The Balaban J connectivity index is 0.00000133. The number of fused-ring (bicyclic) bond motifs is 1. The molecule has 180 valence electrons. The van der Waals surface area contributed by atoms with E-state index in [2.05, 4.69) is 88.7 Å². The van der Waals surface area contributed by atoms with Gasteiger partial charge in [0.15, 0.2) is 0 Å². The molecular formula is C32H42N2. The molecule has 1 fully saturated rings. The van der Waals surface area contributed by atoms with Gasteiger partial charge in [0.2, 0.25) is 0 Å². The van der Waals surface area contributed by atoms with Gasteiger partial charge < -0.3 is 0 Å². The number of nitrogens with zero attached hydrogens (tertiary/aromatic N) is 2. The normalized spacial score (nSPS) is 18.1. The van der Waals surface area contributed by atoms with E-state index in [0.29, 0.717) is 6.04 Å². The number of hydrogen-bond donors (Lipinski definition) is 0. The highest BCUT2D eigenvalue weighted by Crippen LogP contribution is 2.28. The number of aryl methyl sites for hydroxylation is 1. The molecule has 5 rings (SSSR count). The third kappa shape index (κ3) is 6.81. The van der Waals surface area contributed by atoms with E-state index in [0.717, 1.165) is 19.6 Å². The number of benzene rings is 3. The summed E-state index contributed by atoms with van der Waals surface area (Å²) in [5.74, 6) is 0. The van der Waals surface area contributed by atoms with Gasteiger partial charge in [-0.15, -0.1) is 0 Å². The first-order valence-electron chi connectivity index (χ1n) is 13.5. The Bertz CT molecular complexity index is 935. The fourth-order valence-electron chi connectivity index (χ4n) is 5.52. The highest BCUT2D eigenvalue weighted by molar-refractivity contribution is 5.35. The molecule has 0 spiro atoms. The molecule has 1 unspecified atom stereocenters. The highest BCUT2D eigenvalue weighted by Gasteiger charge is 2.25. The lowest BCUT2D eigenvalue weighted by molar-refractivity contribution is 0.162. The highest BCUT2D eigenvalue weighted by atomic mass is 15.2. The van der Waals surface area contributed by atoms with Crippen LogP contribution in [0.2, 0.25) is 0 Å². The monoisotopic (exact) mass is 454 g/mol. The van der Waals surface area contributed by atoms with Crippen molar-refractivity contribution in [2.24, 2.45) is 0 Å². The number of rotatable bonds is 7. The Kier molecular flexibility index (Phi) is 9.35. The van der Waals surface area contributed by atoms with Gasteiger partial charge >= 0.3 is 0 Å². The fourth-order valence-corrected chi connectivity index (χ4v) is 5.52. The molecule has 3 aromatic carbocycles. The zero-order valence-electron chi connectivity index (χ0n) is 21.3. The second-order valence-corrected chi connectivity index (χ2v) is 9.71. The summed E-state index contributed by atoms with van der Waals surface area (Å²) < 4.78 is 0. The van der Waals surface area contributed by atoms with Gasteiger partial charge in [0.1, 0.15) is 0 Å². The quantitative estimate of drug-likeness (QED) is 0.371. The largest absolute Gasteiger partial charge is 0.299 e. The molecular weight excluding hydrogens is 412 g/mol. The minimum atomic E-state index is 0.593. The van der Waals surface area contributed by atoms with Crippen LogP contribution in [0.3, 0.4) is 0 Å². The molecule has 0 N–H and O–H groups in total. The average Bonchev–Trinajstić information content (AvgIpc) is 2.91. The maximum atomic E-state index is 2.70. The molecule has 0 bridgehead atoms. The van der Waals surface area contributed by atoms with Crippen LogP contribution in [0.1, 0.15) is 67.3 Å². The van der Waals surface area contributed by atoms with Gasteiger partial charge in [-0.25, -0.2) is 0 Å². The molecule has 34 heavy (non-hydrogen) atoms. The Morgan fingerprint density at radius 2 is 1.32 bits per heavy atom. The Morgan fingerprint density at radius 3 is 1.94 bits per heavy atom. The predicted octanol–water partition coefficient (Wildman–Crippen LogP) is 7.26. The van der Waals surface area contributed by atoms with E-state index in [-0.39, 0.29) is 0 Å². The van der Waals surface area contributed by atoms with Crippen molar-refractivity contribution in [2.45, 2.75) is 78.0 Å². The van der Waals surface area contributed by atoms with Crippen LogP contribution in [-0.4, -0.2) is 28.9 Å². The Hall–Kier alpha value is -2.42. The van der Waals surface area contributed by atoms with E-state index >= 15 is 0 Å². The summed E-state index contributed by atoms with van der Waals surface area (Å²) in [5.41, 5.74) is 7.48. The molecule has 1 heterocycles. The van der Waals surface area contributed by atoms with E-state index in [1.165, 1.54) is 68.3 Å². The number of hydrogen-bond acceptors (Lipinski definition) is 2. The van der Waals surface area contributed by atoms with E-state index in [9.17, 15) is 0 Å². The first kappa shape index (κ1) is 24.7. The van der Waals surface area contributed by atoms with Crippen molar-refractivity contribution < 1.29 is 0 Å². The predicted molar refractivity (Wildman–Crippen MR) is 145 cm³/mol. The van der Waals surface area contributed by atoms with Gasteiger partial charge in [0, 0.05) is 25.7 Å². The molecule has 3 aromatic rings. The van der Waals surface area contributed by atoms with Gasteiger partial charge in [-0.2, -0.15) is 0 Å². The van der Waals surface area contributed by atoms with E-state index in [4.69, 9.17) is 0 Å². The summed E-state index contributed by atoms with van der Waals surface area (Å²) >= 11 is 0. The maximum absolute atomic E-state index is 2.70. The molecule has 0 saturated carbocycles. The third-order valence-corrected chi connectivity index (χ3v) is 7.30. The molecule has 0 aromatic heterocycles. The molecule has 1 aliphatic heterocycles. The second kappa shape index (κ2) is 12.9. The van der Waals surface area contributed by atoms with Crippen molar-refractivity contribution in [1.82, 2.24) is 9.80 Å². The van der Waals surface area contributed by atoms with Crippen LogP contribution in [0.15, 0.2) is 78.9 Å². The lowest BCUT2D eigenvalue weighted by atomic mass is 9.86. The lowest BCUT2D eigenvalue weighted by Gasteiger charge is -2.36. The summed E-state index contributed by atoms with van der Waals surface area (Å²) in [5, 5.41) is 0. The summed E-state index contributed by atoms with van der Waals surface area (Å²) in [6.45, 7) is 9.70. The van der Waals surface area contributed by atoms with Gasteiger partial charge in [0.25, 0.3) is 0 Å². The Labute approximate surface area is 207 Å². The van der Waals surface area contributed by atoms with Crippen LogP contribution in [0.25, 0.3) is 0 Å². The summed E-state index contributed by atoms with van der Waals surface area (Å²) in [4.78, 5) is 5.34. The Morgan fingerprint density at radius 1 is 0.706 bits per heavy atom. The molecule has 1 aliphatic carbocycles. The van der Waals surface area contributed by atoms with Crippen LogP contribution in [0.5, 0.6) is 0 Å². The van der Waals surface area contributed by atoms with Gasteiger partial charge in [-0.1, -0.05) is 99.1 Å². The molecule has 1 saturated heterocycles. The molecule has 2 aliphatic rings. The maximum Gasteiger partial charge on any atom is 0.0240 e. The van der Waals surface area contributed by atoms with Crippen molar-refractivity contribution in [3.8, 4) is 0 Å². The van der Waals surface area contributed by atoms with Crippen LogP contribution < -0.4 is 0 Å². The average molecular weight is 455 g/mol. The second-order valence-electron chi connectivity index (χ2n) is 9.71. The van der Waals surface area contributed by atoms with E-state index in [1.807, 2.05) is 13.8 Å². The minimum absolute atomic E-state index is 0.593. The van der Waals surface area contributed by atoms with Crippen LogP contribution in [0.4, 0.5) is 0 Å². The van der Waals surface area contributed by atoms with Gasteiger partial charge in [-0.3, -0.25) is 9.80 Å². The van der Waals surface area contributed by atoms with E-state index in [1.54, 1.807) is 11.1 Å². The first-order chi connectivity index (χ1) is 16.8. The fraction of sp³-hybridized carbons (Fsp3) is 0.438. The lowest BCUT2D eigenvalue weighted by Crippen LogP contribution is -2.38. The van der Waals surface area contributed by atoms with E-state index < -0.39 is 0 Å². The standard InChI is InChI=1S/C30H36N2.C2H6/c1-4-10-25(11-5-1)23-32(24-26-12-6-2-7-13-26)30-17-16-28-20-27(14-15-29(28)21-30)22-31-18-8-3-9-19-31;1-2/h1-2,4-7,10-15,20,30H,3,8-9,16-19,21-24H2;1-2H3. The van der Waals surface area contributed by atoms with Gasteiger partial charge in [-0.05, 0) is 73.0 Å². The van der Waals surface area contributed by atoms with Crippen molar-refractivity contribution in [3.05, 3.63) is 107 Å². The zero-order valence-corrected chi connectivity index (χ0v) is 21.3. The SMILES string of the molecule is CC.c1ccc(CN(Cc2ccccc2)C2CCc3cc(CN4CCCCC4)ccc3C2)cc1. The van der Waals surface area contributed by atoms with Crippen LogP contribution in [-0.2, 0) is 32.5 Å². The summed E-state index contributed by atoms with van der Waals surface area (Å²) in [6.07, 6.45) is 7.76. The van der Waals surface area contributed by atoms with Crippen LogP contribution >= 0.6 is 0 Å². The third-order valence-electron chi connectivity index (χ3n) is 7.30. The molecule has 2 nitrogen and oxygen atoms in total. The van der Waals surface area contributed by atoms with Crippen molar-refractivity contribution >= 4 is 0 Å². The summed E-state index contributed by atoms with van der Waals surface area (Å²) in [6, 6.07) is 29.9. The van der Waals surface area contributed by atoms with Crippen LogP contribution in [0, 0.1) is 0 Å². The summed E-state index contributed by atoms with van der Waals surface area (Å²) in [7, 11) is 0. The smallest absolute Gasteiger partial charge is 0.0240 e. The number of piperidine rings is 1. The zero-order chi connectivity index (χ0) is 23.6. The molecule has 1 atom stereocenters. The molecule has 2 heteroatoms. The molecule has 0 amide bonds. The minimum Gasteiger partial charge on any atom is -0.299 e. The molecule has 0 radical (unpaired) electrons.